The molecule has 0 heterocycles. The lowest BCUT2D eigenvalue weighted by Gasteiger charge is -2.11. The fourth-order valence-corrected chi connectivity index (χ4v) is 2.69. The van der Waals surface area contributed by atoms with Crippen LogP contribution in [0, 0.1) is 11.3 Å². The van der Waals surface area contributed by atoms with Gasteiger partial charge in [0, 0.05) is 0 Å². The Kier molecular flexibility index (Phi) is 3.53. The van der Waals surface area contributed by atoms with Crippen molar-refractivity contribution in [3.63, 3.8) is 0 Å². The van der Waals surface area contributed by atoms with E-state index in [1.165, 1.54) is 32.0 Å². The van der Waals surface area contributed by atoms with Crippen LogP contribution in [0.5, 0.6) is 0 Å². The van der Waals surface area contributed by atoms with Crippen molar-refractivity contribution in [3.05, 3.63) is 29.3 Å². The third-order valence-corrected chi connectivity index (χ3v) is 4.52. The number of nitrogens with zero attached hydrogens (tertiary/aromatic N) is 1. The topological polar surface area (TPSA) is 95.2 Å². The van der Waals surface area contributed by atoms with Gasteiger partial charge in [-0.25, -0.2) is 13.2 Å². The van der Waals surface area contributed by atoms with Crippen LogP contribution in [-0.4, -0.2) is 24.7 Å². The number of nitriles is 1. The Morgan fingerprint density at radius 3 is 2.41 bits per heavy atom. The average Bonchev–Trinajstić information content (AvgIpc) is 2.27. The number of carbonyl (C=O) groups is 1. The van der Waals surface area contributed by atoms with Gasteiger partial charge in [0.2, 0.25) is 0 Å². The average molecular weight is 253 g/mol. The van der Waals surface area contributed by atoms with Crippen molar-refractivity contribution in [2.75, 3.05) is 0 Å². The second kappa shape index (κ2) is 4.55. The summed E-state index contributed by atoms with van der Waals surface area (Å²) in [6, 6.07) is 5.53. The van der Waals surface area contributed by atoms with Gasteiger partial charge in [0.05, 0.1) is 21.3 Å². The van der Waals surface area contributed by atoms with Crippen LogP contribution < -0.4 is 0 Å². The molecule has 0 fully saturated rings. The van der Waals surface area contributed by atoms with E-state index in [2.05, 4.69) is 0 Å². The van der Waals surface area contributed by atoms with Crippen molar-refractivity contribution < 1.29 is 18.3 Å². The van der Waals surface area contributed by atoms with Gasteiger partial charge in [-0.05, 0) is 26.0 Å². The van der Waals surface area contributed by atoms with E-state index >= 15 is 0 Å². The number of aromatic carboxylic acids is 1. The monoisotopic (exact) mass is 253 g/mol. The summed E-state index contributed by atoms with van der Waals surface area (Å²) in [7, 11) is -3.80. The molecule has 0 spiro atoms. The van der Waals surface area contributed by atoms with Gasteiger partial charge in [0.25, 0.3) is 0 Å². The van der Waals surface area contributed by atoms with Gasteiger partial charge in [-0.2, -0.15) is 5.26 Å². The molecule has 0 radical (unpaired) electrons. The molecular formula is C11H11NO4S. The summed E-state index contributed by atoms with van der Waals surface area (Å²) in [6.07, 6.45) is 0. The standard InChI is InChI=1S/C11H11NO4S/c1-7(2)17(15,16)10-8(6-12)4-3-5-9(10)11(13)14/h3-5,7H,1-2H3,(H,13,14). The van der Waals surface area contributed by atoms with Crippen LogP contribution in [0.15, 0.2) is 23.1 Å². The molecule has 1 N–H and O–H groups in total. The molecule has 0 unspecified atom stereocenters. The van der Waals surface area contributed by atoms with Crippen LogP contribution in [0.1, 0.15) is 29.8 Å². The molecule has 0 aliphatic carbocycles. The molecule has 0 aromatic heterocycles. The zero-order valence-electron chi connectivity index (χ0n) is 9.34. The zero-order chi connectivity index (χ0) is 13.2. The van der Waals surface area contributed by atoms with Crippen molar-refractivity contribution in [2.45, 2.75) is 24.0 Å². The highest BCUT2D eigenvalue weighted by atomic mass is 32.2. The first kappa shape index (κ1) is 13.2. The highest BCUT2D eigenvalue weighted by molar-refractivity contribution is 7.92. The zero-order valence-corrected chi connectivity index (χ0v) is 10.2. The Hall–Kier alpha value is -1.87. The summed E-state index contributed by atoms with van der Waals surface area (Å²) in [5.41, 5.74) is -0.503. The Morgan fingerprint density at radius 1 is 1.41 bits per heavy atom. The molecule has 17 heavy (non-hydrogen) atoms. The van der Waals surface area contributed by atoms with Crippen molar-refractivity contribution >= 4 is 15.8 Å². The number of sulfone groups is 1. The molecule has 0 atom stereocenters. The lowest BCUT2D eigenvalue weighted by atomic mass is 10.1. The van der Waals surface area contributed by atoms with Crippen LogP contribution in [0.25, 0.3) is 0 Å². The molecule has 0 saturated heterocycles. The maximum atomic E-state index is 12.0. The molecule has 0 bridgehead atoms. The number of hydrogen-bond acceptors (Lipinski definition) is 4. The van der Waals surface area contributed by atoms with Crippen molar-refractivity contribution in [1.82, 2.24) is 0 Å². The number of benzene rings is 1. The third-order valence-electron chi connectivity index (χ3n) is 2.27. The minimum Gasteiger partial charge on any atom is -0.478 e. The SMILES string of the molecule is CC(C)S(=O)(=O)c1c(C#N)cccc1C(=O)O. The Bertz CT molecular complexity index is 596. The fraction of sp³-hybridized carbons (Fsp3) is 0.273. The maximum absolute atomic E-state index is 12.0. The summed E-state index contributed by atoms with van der Waals surface area (Å²) in [5, 5.41) is 17.0. The van der Waals surface area contributed by atoms with E-state index in [4.69, 9.17) is 10.4 Å². The Labute approximate surface area is 99.2 Å². The second-order valence-corrected chi connectivity index (χ2v) is 6.13. The van der Waals surface area contributed by atoms with Gasteiger partial charge < -0.3 is 5.11 Å². The van der Waals surface area contributed by atoms with E-state index in [-0.39, 0.29) is 11.1 Å². The van der Waals surface area contributed by atoms with Crippen molar-refractivity contribution in [2.24, 2.45) is 0 Å². The predicted octanol–water partition coefficient (Wildman–Crippen LogP) is 1.44. The van der Waals surface area contributed by atoms with E-state index in [1.807, 2.05) is 0 Å². The largest absolute Gasteiger partial charge is 0.478 e. The maximum Gasteiger partial charge on any atom is 0.337 e. The smallest absolute Gasteiger partial charge is 0.337 e. The molecule has 90 valence electrons. The van der Waals surface area contributed by atoms with Crippen LogP contribution in [0.2, 0.25) is 0 Å². The molecule has 6 heteroatoms. The van der Waals surface area contributed by atoms with Gasteiger partial charge in [0.1, 0.15) is 6.07 Å². The first-order valence-electron chi connectivity index (χ1n) is 4.82. The molecule has 0 saturated carbocycles. The molecule has 0 amide bonds. The van der Waals surface area contributed by atoms with Crippen molar-refractivity contribution in [1.29, 1.82) is 5.26 Å². The van der Waals surface area contributed by atoms with Gasteiger partial charge in [-0.3, -0.25) is 0 Å². The molecule has 1 aromatic rings. The minimum atomic E-state index is -3.80. The first-order chi connectivity index (χ1) is 7.82. The highest BCUT2D eigenvalue weighted by Crippen LogP contribution is 2.24. The lowest BCUT2D eigenvalue weighted by Crippen LogP contribution is -2.19. The molecule has 0 aliphatic heterocycles. The summed E-state index contributed by atoms with van der Waals surface area (Å²) in [5.74, 6) is -1.36. The Morgan fingerprint density at radius 2 is 2.00 bits per heavy atom. The highest BCUT2D eigenvalue weighted by Gasteiger charge is 2.28. The number of carboxylic acids is 1. The molecule has 0 aliphatic rings. The fourth-order valence-electron chi connectivity index (χ4n) is 1.34. The molecular weight excluding hydrogens is 242 g/mol. The number of hydrogen-bond donors (Lipinski definition) is 1. The first-order valence-corrected chi connectivity index (χ1v) is 6.37. The summed E-state index contributed by atoms with van der Waals surface area (Å²) in [4.78, 5) is 10.6. The van der Waals surface area contributed by atoms with Crippen LogP contribution in [-0.2, 0) is 9.84 Å². The van der Waals surface area contributed by atoms with Gasteiger partial charge in [0.15, 0.2) is 9.84 Å². The van der Waals surface area contributed by atoms with E-state index in [1.54, 1.807) is 6.07 Å². The molecule has 1 rings (SSSR count). The molecule has 1 aromatic carbocycles. The van der Waals surface area contributed by atoms with Gasteiger partial charge in [-0.15, -0.1) is 0 Å². The summed E-state index contributed by atoms with van der Waals surface area (Å²) < 4.78 is 24.0. The van der Waals surface area contributed by atoms with E-state index < -0.39 is 26.0 Å². The summed E-state index contributed by atoms with van der Waals surface area (Å²) >= 11 is 0. The van der Waals surface area contributed by atoms with E-state index in [0.717, 1.165) is 0 Å². The van der Waals surface area contributed by atoms with Crippen LogP contribution in [0.4, 0.5) is 0 Å². The number of rotatable bonds is 3. The normalized spacial score (nSPS) is 11.2. The lowest BCUT2D eigenvalue weighted by molar-refractivity contribution is 0.0692. The third kappa shape index (κ3) is 2.29. The van der Waals surface area contributed by atoms with Gasteiger partial charge >= 0.3 is 5.97 Å². The minimum absolute atomic E-state index is 0.140. The second-order valence-electron chi connectivity index (χ2n) is 3.69. The Balaban J connectivity index is 3.73. The van der Waals surface area contributed by atoms with Gasteiger partial charge in [-0.1, -0.05) is 6.07 Å². The van der Waals surface area contributed by atoms with Crippen LogP contribution in [0.3, 0.4) is 0 Å². The predicted molar refractivity (Wildman–Crippen MR) is 60.4 cm³/mol. The number of carboxylic acid groups (broad SMARTS) is 1. The van der Waals surface area contributed by atoms with E-state index in [0.29, 0.717) is 0 Å². The quantitative estimate of drug-likeness (QED) is 0.879. The van der Waals surface area contributed by atoms with E-state index in [9.17, 15) is 13.2 Å². The summed E-state index contributed by atoms with van der Waals surface area (Å²) in [6.45, 7) is 2.88. The van der Waals surface area contributed by atoms with Crippen molar-refractivity contribution in [3.8, 4) is 6.07 Å². The van der Waals surface area contributed by atoms with Crippen LogP contribution >= 0.6 is 0 Å². The molecule has 5 nitrogen and oxygen atoms in total.